The molecule has 3 unspecified atom stereocenters. The number of imidazole rings is 1. The molecule has 3 heterocycles. The number of hydrazine groups is 1. The molecule has 3 aromatic rings. The fraction of sp³-hybridized carbons (Fsp3) is 0.549. The minimum atomic E-state index is -1.35. The van der Waals surface area contributed by atoms with Crippen LogP contribution < -0.4 is 76.2 Å². The molecule has 0 spiro atoms. The van der Waals surface area contributed by atoms with Crippen LogP contribution in [0.25, 0.3) is 10.9 Å². The first-order valence-electron chi connectivity index (χ1n) is 26.7. The number of carbonyl (C=O) groups excluding carboxylic acids is 9. The van der Waals surface area contributed by atoms with E-state index in [0.717, 1.165) is 17.3 Å². The molecule has 434 valence electrons. The van der Waals surface area contributed by atoms with E-state index >= 15 is 0 Å². The van der Waals surface area contributed by atoms with Gasteiger partial charge >= 0.3 is 0 Å². The Morgan fingerprint density at radius 3 is 2.25 bits per heavy atom. The predicted molar refractivity (Wildman–Crippen MR) is 294 cm³/mol. The predicted octanol–water partition coefficient (Wildman–Crippen LogP) is -2.57. The highest BCUT2D eigenvalue weighted by atomic mass is 16.2. The Morgan fingerprint density at radius 1 is 0.823 bits per heavy atom. The summed E-state index contributed by atoms with van der Waals surface area (Å²) in [7, 11) is 0. The van der Waals surface area contributed by atoms with E-state index in [2.05, 4.69) is 68.1 Å². The van der Waals surface area contributed by atoms with Crippen LogP contribution in [0.3, 0.4) is 0 Å². The number of carbonyl (C=O) groups is 9. The van der Waals surface area contributed by atoms with Crippen molar-refractivity contribution in [3.63, 3.8) is 0 Å². The van der Waals surface area contributed by atoms with Gasteiger partial charge in [-0.25, -0.2) is 10.8 Å². The average Bonchev–Trinajstić information content (AvgIpc) is 4.07. The molecule has 21 N–H and O–H groups in total. The number of aromatic nitrogens is 3. The zero-order valence-electron chi connectivity index (χ0n) is 45.3. The molecule has 0 radical (unpaired) electrons. The maximum absolute atomic E-state index is 14.7. The normalized spacial score (nSPS) is 20.8. The smallest absolute Gasteiger partial charge is 0.244 e. The van der Waals surface area contributed by atoms with E-state index in [1.165, 1.54) is 31.4 Å². The highest BCUT2D eigenvalue weighted by Crippen LogP contribution is 2.20. The van der Waals surface area contributed by atoms with Crippen LogP contribution in [-0.2, 0) is 56.0 Å². The lowest BCUT2D eigenvalue weighted by atomic mass is 10.0. The van der Waals surface area contributed by atoms with E-state index in [0.29, 0.717) is 43.5 Å². The standard InChI is InChI=1S/C51H81N19O9/c1-4-5-14-38(63-31(3)72)46(75)68-42-23-33(52)28-70(56)21-11-9-17-40(48(77)65-37(45(53)74)16-8-10-19-58-30(2)71)66-49(78)41(22-32-25-60-36-15-7-6-13-35(32)36)67-47(76)39(18-12-20-59-51(54)55)64-44(73)27-61-43(69-50(42)79)24-34-26-57-29-62-34/h6-7,13,15,25-26,28-29,37-43,60-61H,4-5,8-12,14,16-24,27,52,56H2,1-3H3,(H2,53,74)(H,57,62)(H,58,71)(H,63,72)(H,64,73)(H,65,77)(H,66,78)(H,67,76)(H,68,75)(H,69,79)(H4,54,55,59)/b33-28-/t37?,38-,39+,40?,41-,42?,43-/m0/s1. The fourth-order valence-electron chi connectivity index (χ4n) is 8.77. The van der Waals surface area contributed by atoms with Crippen LogP contribution in [0.2, 0.25) is 0 Å². The first-order valence-corrected chi connectivity index (χ1v) is 26.7. The number of H-pyrrole nitrogens is 2. The Morgan fingerprint density at radius 2 is 1.56 bits per heavy atom. The molecule has 28 heteroatoms. The molecule has 0 aliphatic carbocycles. The highest BCUT2D eigenvalue weighted by Gasteiger charge is 2.33. The van der Waals surface area contributed by atoms with Crippen LogP contribution in [0.15, 0.2) is 54.9 Å². The molecular formula is C51H81N19O9. The molecule has 0 bridgehead atoms. The maximum Gasteiger partial charge on any atom is 0.244 e. The van der Waals surface area contributed by atoms with Crippen LogP contribution in [0, 0.1) is 5.41 Å². The van der Waals surface area contributed by atoms with Gasteiger partial charge in [-0.05, 0) is 69.4 Å². The molecule has 7 atom stereocenters. The van der Waals surface area contributed by atoms with Gasteiger partial charge in [0.25, 0.3) is 0 Å². The van der Waals surface area contributed by atoms with E-state index in [1.54, 1.807) is 12.4 Å². The zero-order valence-corrected chi connectivity index (χ0v) is 45.3. The van der Waals surface area contributed by atoms with Crippen molar-refractivity contribution in [3.8, 4) is 0 Å². The number of amides is 9. The molecule has 0 fully saturated rings. The topological polar surface area (TPSA) is 450 Å². The number of nitrogens with one attached hydrogen (secondary N) is 13. The van der Waals surface area contributed by atoms with Gasteiger partial charge in [0, 0.05) is 87.9 Å². The minimum absolute atomic E-state index is 0.00240. The van der Waals surface area contributed by atoms with Crippen molar-refractivity contribution in [2.75, 3.05) is 26.2 Å². The number of unbranched alkanes of at least 4 members (excludes halogenated alkanes) is 2. The molecule has 28 nitrogen and oxygen atoms in total. The maximum atomic E-state index is 14.7. The fourth-order valence-corrected chi connectivity index (χ4v) is 8.77. The van der Waals surface area contributed by atoms with Crippen molar-refractivity contribution < 1.29 is 43.2 Å². The first kappa shape index (κ1) is 63.3. The number of para-hydroxylation sites is 1. The van der Waals surface area contributed by atoms with Gasteiger partial charge in [0.2, 0.25) is 53.2 Å². The van der Waals surface area contributed by atoms with Gasteiger partial charge in [-0.1, -0.05) is 38.0 Å². The molecule has 1 aliphatic rings. The number of hydrogen-bond acceptors (Lipinski definition) is 15. The summed E-state index contributed by atoms with van der Waals surface area (Å²) in [4.78, 5) is 132. The second-order valence-corrected chi connectivity index (χ2v) is 19.5. The second-order valence-electron chi connectivity index (χ2n) is 19.5. The van der Waals surface area contributed by atoms with Gasteiger partial charge in [-0.3, -0.25) is 53.9 Å². The Bertz CT molecular complexity index is 2550. The molecule has 0 saturated carbocycles. The Hall–Kier alpha value is -8.27. The van der Waals surface area contributed by atoms with E-state index in [1.807, 2.05) is 31.2 Å². The molecule has 1 aliphatic heterocycles. The van der Waals surface area contributed by atoms with E-state index in [9.17, 15) is 43.2 Å². The largest absolute Gasteiger partial charge is 0.401 e. The van der Waals surface area contributed by atoms with Crippen LogP contribution in [0.4, 0.5) is 0 Å². The monoisotopic (exact) mass is 1100 g/mol. The molecule has 2 aromatic heterocycles. The van der Waals surface area contributed by atoms with E-state index < -0.39 is 96.2 Å². The first-order chi connectivity index (χ1) is 37.7. The van der Waals surface area contributed by atoms with Crippen molar-refractivity contribution in [1.29, 1.82) is 5.41 Å². The number of nitrogens with zero attached hydrogens (tertiary/aromatic N) is 2. The third-order valence-electron chi connectivity index (χ3n) is 12.9. The van der Waals surface area contributed by atoms with Gasteiger partial charge in [-0.15, -0.1) is 0 Å². The third-order valence-corrected chi connectivity index (χ3v) is 12.9. The lowest BCUT2D eigenvalue weighted by Gasteiger charge is -2.27. The number of aromatic amines is 2. The summed E-state index contributed by atoms with van der Waals surface area (Å²) in [6.45, 7) is 4.73. The number of primary amides is 1. The van der Waals surface area contributed by atoms with Crippen LogP contribution in [-0.4, -0.2) is 148 Å². The summed E-state index contributed by atoms with van der Waals surface area (Å²) < 4.78 is 0. The molecule has 1 aromatic carbocycles. The third kappa shape index (κ3) is 23.1. The quantitative estimate of drug-likeness (QED) is 0.0213. The van der Waals surface area contributed by atoms with Crippen LogP contribution >= 0.6 is 0 Å². The summed E-state index contributed by atoms with van der Waals surface area (Å²) in [5.74, 6) is 0.252. The van der Waals surface area contributed by atoms with E-state index in [-0.39, 0.29) is 88.4 Å². The van der Waals surface area contributed by atoms with Gasteiger partial charge in [0.15, 0.2) is 5.96 Å². The SMILES string of the molecule is CCCC[C@H](NC(C)=O)C(=O)NC1C/C(N)=C/N(N)CCCCC(C(=O)NC(CCCCNC(C)=O)C(N)=O)NC(=O)[C@H](Cc2c[nH]c3ccccc23)NC(=O)[C@@H](CCCNC(=N)N)NC(=O)CN[C@H](Cc2c[nH]cn2)NC1=O. The molecule has 9 amide bonds. The summed E-state index contributed by atoms with van der Waals surface area (Å²) >= 11 is 0. The van der Waals surface area contributed by atoms with Gasteiger partial charge in [-0.2, -0.15) is 0 Å². The molecule has 4 rings (SSSR count). The van der Waals surface area contributed by atoms with Crippen molar-refractivity contribution in [2.24, 2.45) is 23.0 Å². The Balaban J connectivity index is 1.75. The molecule has 79 heavy (non-hydrogen) atoms. The average molecular weight is 1100 g/mol. The summed E-state index contributed by atoms with van der Waals surface area (Å²) in [6, 6.07) is -0.0730. The van der Waals surface area contributed by atoms with Crippen LogP contribution in [0.1, 0.15) is 109 Å². The number of nitrogens with two attached hydrogens (primary N) is 4. The Labute approximate surface area is 458 Å². The van der Waals surface area contributed by atoms with Crippen molar-refractivity contribution in [2.45, 2.75) is 153 Å². The summed E-state index contributed by atoms with van der Waals surface area (Å²) in [5.41, 5.74) is 19.7. The van der Waals surface area contributed by atoms with Crippen molar-refractivity contribution in [3.05, 3.63) is 66.1 Å². The number of hydrogen-bond donors (Lipinski definition) is 17. The van der Waals surface area contributed by atoms with Crippen LogP contribution in [0.5, 0.6) is 0 Å². The van der Waals surface area contributed by atoms with E-state index in [4.69, 9.17) is 28.5 Å². The lowest BCUT2D eigenvalue weighted by molar-refractivity contribution is -0.134. The van der Waals surface area contributed by atoms with Crippen molar-refractivity contribution >= 4 is 70.0 Å². The zero-order chi connectivity index (χ0) is 57.9. The molecule has 0 saturated heterocycles. The van der Waals surface area contributed by atoms with Gasteiger partial charge in [0.05, 0.1) is 24.7 Å². The molecular weight excluding hydrogens is 1020 g/mol. The van der Waals surface area contributed by atoms with Gasteiger partial charge < -0.3 is 80.0 Å². The summed E-state index contributed by atoms with van der Waals surface area (Å²) in [6.07, 6.45) is 8.17. The highest BCUT2D eigenvalue weighted by molar-refractivity contribution is 5.96. The minimum Gasteiger partial charge on any atom is -0.401 e. The number of fused-ring (bicyclic) bond motifs is 1. The lowest BCUT2D eigenvalue weighted by Crippen LogP contribution is -2.59. The van der Waals surface area contributed by atoms with Crippen molar-refractivity contribution in [1.82, 2.24) is 73.1 Å². The Kier molecular flexibility index (Phi) is 26.5. The summed E-state index contributed by atoms with van der Waals surface area (Å²) in [5, 5.41) is 37.3. The number of guanidine groups is 1. The number of rotatable bonds is 22. The number of benzene rings is 1. The second kappa shape index (κ2) is 33.1. The van der Waals surface area contributed by atoms with Gasteiger partial charge in [0.1, 0.15) is 36.3 Å².